The quantitative estimate of drug-likeness (QED) is 0.792. The minimum absolute atomic E-state index is 0.156. The van der Waals surface area contributed by atoms with Crippen molar-refractivity contribution in [1.29, 1.82) is 0 Å². The number of rotatable bonds is 4. The van der Waals surface area contributed by atoms with E-state index in [-0.39, 0.29) is 11.9 Å². The zero-order valence-electron chi connectivity index (χ0n) is 13.9. The van der Waals surface area contributed by atoms with Crippen molar-refractivity contribution in [2.75, 3.05) is 0 Å². The van der Waals surface area contributed by atoms with E-state index in [2.05, 4.69) is 15.5 Å². The molecular formula is C19H19N3O2. The van der Waals surface area contributed by atoms with E-state index in [9.17, 15) is 4.79 Å². The Morgan fingerprint density at radius 3 is 2.42 bits per heavy atom. The van der Waals surface area contributed by atoms with Gasteiger partial charge in [0.1, 0.15) is 6.04 Å². The van der Waals surface area contributed by atoms with Gasteiger partial charge in [0.25, 0.3) is 5.91 Å². The molecule has 1 atom stereocenters. The predicted molar refractivity (Wildman–Crippen MR) is 91.5 cm³/mol. The predicted octanol–water partition coefficient (Wildman–Crippen LogP) is 3.84. The van der Waals surface area contributed by atoms with Crippen molar-refractivity contribution in [2.45, 2.75) is 26.8 Å². The molecule has 1 amide bonds. The maximum absolute atomic E-state index is 12.4. The molecule has 0 aliphatic heterocycles. The Kier molecular flexibility index (Phi) is 4.42. The first kappa shape index (κ1) is 15.9. The number of aromatic nitrogens is 2. The maximum atomic E-state index is 12.4. The first-order valence-corrected chi connectivity index (χ1v) is 7.82. The fourth-order valence-electron chi connectivity index (χ4n) is 2.51. The van der Waals surface area contributed by atoms with Gasteiger partial charge in [-0.05, 0) is 38.0 Å². The van der Waals surface area contributed by atoms with E-state index in [1.165, 1.54) is 0 Å². The lowest BCUT2D eigenvalue weighted by atomic mass is 10.1. The molecule has 24 heavy (non-hydrogen) atoms. The molecule has 0 radical (unpaired) electrons. The van der Waals surface area contributed by atoms with Gasteiger partial charge in [-0.25, -0.2) is 0 Å². The van der Waals surface area contributed by atoms with Crippen LogP contribution in [0.2, 0.25) is 0 Å². The van der Waals surface area contributed by atoms with E-state index in [1.807, 2.05) is 63.2 Å². The van der Waals surface area contributed by atoms with Crippen LogP contribution < -0.4 is 5.32 Å². The van der Waals surface area contributed by atoms with Crippen LogP contribution in [0.3, 0.4) is 0 Å². The summed E-state index contributed by atoms with van der Waals surface area (Å²) in [7, 11) is 0. The van der Waals surface area contributed by atoms with Gasteiger partial charge in [0, 0.05) is 11.1 Å². The number of carbonyl (C=O) groups is 1. The summed E-state index contributed by atoms with van der Waals surface area (Å²) in [6.07, 6.45) is 0. The summed E-state index contributed by atoms with van der Waals surface area (Å²) in [6, 6.07) is 14.9. The zero-order chi connectivity index (χ0) is 17.1. The van der Waals surface area contributed by atoms with E-state index in [1.54, 1.807) is 6.07 Å². The third-order valence-electron chi connectivity index (χ3n) is 3.94. The van der Waals surface area contributed by atoms with Crippen LogP contribution in [0.15, 0.2) is 53.1 Å². The van der Waals surface area contributed by atoms with Gasteiger partial charge in [-0.3, -0.25) is 4.79 Å². The van der Waals surface area contributed by atoms with Gasteiger partial charge in [-0.1, -0.05) is 47.6 Å². The molecule has 5 heteroatoms. The number of carbonyl (C=O) groups excluding carboxylic acids is 1. The van der Waals surface area contributed by atoms with Crippen molar-refractivity contribution < 1.29 is 9.32 Å². The molecule has 1 N–H and O–H groups in total. The lowest BCUT2D eigenvalue weighted by molar-refractivity contribution is 0.0932. The van der Waals surface area contributed by atoms with Gasteiger partial charge in [-0.2, -0.15) is 4.98 Å². The molecule has 1 heterocycles. The summed E-state index contributed by atoms with van der Waals surface area (Å²) < 4.78 is 5.33. The van der Waals surface area contributed by atoms with E-state index in [4.69, 9.17) is 4.52 Å². The van der Waals surface area contributed by atoms with Crippen LogP contribution in [-0.4, -0.2) is 16.0 Å². The van der Waals surface area contributed by atoms with Crippen molar-refractivity contribution in [3.05, 3.63) is 71.1 Å². The largest absolute Gasteiger partial charge is 0.341 e. The second-order valence-corrected chi connectivity index (χ2v) is 5.78. The summed E-state index contributed by atoms with van der Waals surface area (Å²) in [4.78, 5) is 16.8. The highest BCUT2D eigenvalue weighted by Crippen LogP contribution is 2.22. The summed E-state index contributed by atoms with van der Waals surface area (Å²) >= 11 is 0. The van der Waals surface area contributed by atoms with E-state index in [0.29, 0.717) is 17.3 Å². The average Bonchev–Trinajstić information content (AvgIpc) is 3.05. The SMILES string of the molecule is Cc1ccccc1C(=O)N[C@@H](C)c1nc(-c2ccccc2C)no1. The molecule has 122 valence electrons. The first-order chi connectivity index (χ1) is 11.6. The van der Waals surface area contributed by atoms with E-state index in [0.717, 1.165) is 16.7 Å². The minimum atomic E-state index is -0.373. The molecule has 3 rings (SSSR count). The van der Waals surface area contributed by atoms with Gasteiger partial charge in [-0.15, -0.1) is 0 Å². The van der Waals surface area contributed by atoms with E-state index >= 15 is 0 Å². The van der Waals surface area contributed by atoms with Crippen LogP contribution in [0, 0.1) is 13.8 Å². The molecule has 1 aromatic heterocycles. The van der Waals surface area contributed by atoms with Crippen molar-refractivity contribution in [1.82, 2.24) is 15.5 Å². The van der Waals surface area contributed by atoms with Crippen LogP contribution in [0.5, 0.6) is 0 Å². The third-order valence-corrected chi connectivity index (χ3v) is 3.94. The first-order valence-electron chi connectivity index (χ1n) is 7.82. The summed E-state index contributed by atoms with van der Waals surface area (Å²) in [5.41, 5.74) is 3.56. The Labute approximate surface area is 140 Å². The summed E-state index contributed by atoms with van der Waals surface area (Å²) in [5, 5.41) is 6.93. The number of hydrogen-bond acceptors (Lipinski definition) is 4. The molecule has 0 fully saturated rings. The Morgan fingerprint density at radius 2 is 1.71 bits per heavy atom. The molecule has 0 spiro atoms. The lowest BCUT2D eigenvalue weighted by Gasteiger charge is -2.11. The number of nitrogens with one attached hydrogen (secondary N) is 1. The van der Waals surface area contributed by atoms with Crippen LogP contribution >= 0.6 is 0 Å². The molecule has 0 saturated carbocycles. The molecule has 2 aromatic carbocycles. The monoisotopic (exact) mass is 321 g/mol. The van der Waals surface area contributed by atoms with Crippen molar-refractivity contribution in [3.63, 3.8) is 0 Å². The van der Waals surface area contributed by atoms with Crippen molar-refractivity contribution in [3.8, 4) is 11.4 Å². The van der Waals surface area contributed by atoms with Gasteiger partial charge in [0.15, 0.2) is 0 Å². The van der Waals surface area contributed by atoms with Gasteiger partial charge < -0.3 is 9.84 Å². The van der Waals surface area contributed by atoms with Crippen LogP contribution in [0.1, 0.15) is 40.3 Å². The fourth-order valence-corrected chi connectivity index (χ4v) is 2.51. The minimum Gasteiger partial charge on any atom is -0.341 e. The Hall–Kier alpha value is -2.95. The zero-order valence-corrected chi connectivity index (χ0v) is 13.9. The summed E-state index contributed by atoms with van der Waals surface area (Å²) in [6.45, 7) is 5.72. The number of benzene rings is 2. The molecule has 0 saturated heterocycles. The number of nitrogens with zero attached hydrogens (tertiary/aromatic N) is 2. The molecule has 0 bridgehead atoms. The van der Waals surface area contributed by atoms with Gasteiger partial charge >= 0.3 is 0 Å². The van der Waals surface area contributed by atoms with Gasteiger partial charge in [0.2, 0.25) is 11.7 Å². The fraction of sp³-hybridized carbons (Fsp3) is 0.211. The van der Waals surface area contributed by atoms with Crippen molar-refractivity contribution in [2.24, 2.45) is 0 Å². The van der Waals surface area contributed by atoms with Gasteiger partial charge in [0.05, 0.1) is 0 Å². The Balaban J connectivity index is 1.77. The topological polar surface area (TPSA) is 68.0 Å². The maximum Gasteiger partial charge on any atom is 0.252 e. The number of amides is 1. The molecule has 3 aromatic rings. The van der Waals surface area contributed by atoms with Crippen LogP contribution in [-0.2, 0) is 0 Å². The number of aryl methyl sites for hydroxylation is 2. The Bertz CT molecular complexity index is 870. The average molecular weight is 321 g/mol. The highest BCUT2D eigenvalue weighted by Gasteiger charge is 2.19. The summed E-state index contributed by atoms with van der Waals surface area (Å²) in [5.74, 6) is 0.756. The molecule has 5 nitrogen and oxygen atoms in total. The number of hydrogen-bond donors (Lipinski definition) is 1. The van der Waals surface area contributed by atoms with Crippen molar-refractivity contribution >= 4 is 5.91 Å². The lowest BCUT2D eigenvalue weighted by Crippen LogP contribution is -2.27. The standard InChI is InChI=1S/C19H19N3O2/c1-12-8-4-6-10-15(12)17-21-19(24-22-17)14(3)20-18(23)16-11-7-5-9-13(16)2/h4-11,14H,1-3H3,(H,20,23)/t14-/m0/s1. The third kappa shape index (κ3) is 3.20. The molecule has 0 aliphatic rings. The normalized spacial score (nSPS) is 12.0. The molecular weight excluding hydrogens is 302 g/mol. The second kappa shape index (κ2) is 6.66. The highest BCUT2D eigenvalue weighted by molar-refractivity contribution is 5.95. The van der Waals surface area contributed by atoms with E-state index < -0.39 is 0 Å². The highest BCUT2D eigenvalue weighted by atomic mass is 16.5. The smallest absolute Gasteiger partial charge is 0.252 e. The second-order valence-electron chi connectivity index (χ2n) is 5.78. The molecule has 0 aliphatic carbocycles. The van der Waals surface area contributed by atoms with Crippen LogP contribution in [0.4, 0.5) is 0 Å². The van der Waals surface area contributed by atoms with Crippen LogP contribution in [0.25, 0.3) is 11.4 Å². The Morgan fingerprint density at radius 1 is 1.04 bits per heavy atom. The molecule has 0 unspecified atom stereocenters.